The molecule has 0 bridgehead atoms. The summed E-state index contributed by atoms with van der Waals surface area (Å²) in [5.41, 5.74) is 3.58. The van der Waals surface area contributed by atoms with Crippen molar-refractivity contribution in [2.75, 3.05) is 25.1 Å². The maximum Gasteiger partial charge on any atom is 0.262 e. The van der Waals surface area contributed by atoms with E-state index in [1.165, 1.54) is 0 Å². The molecule has 3 aromatic rings. The molecule has 1 amide bonds. The van der Waals surface area contributed by atoms with E-state index in [4.69, 9.17) is 4.74 Å². The number of benzene rings is 3. The zero-order chi connectivity index (χ0) is 22.5. The Kier molecular flexibility index (Phi) is 6.76. The number of likely N-dealkylation sites (tertiary alicyclic amines) is 1. The van der Waals surface area contributed by atoms with Gasteiger partial charge in [-0.3, -0.25) is 9.69 Å². The quantitative estimate of drug-likeness (QED) is 0.597. The van der Waals surface area contributed by atoms with Crippen LogP contribution in [0.4, 0.5) is 5.69 Å². The van der Waals surface area contributed by atoms with Gasteiger partial charge in [-0.25, -0.2) is 0 Å². The van der Waals surface area contributed by atoms with Crippen LogP contribution in [-0.4, -0.2) is 42.2 Å². The van der Waals surface area contributed by atoms with Gasteiger partial charge >= 0.3 is 0 Å². The number of para-hydroxylation sites is 2. The van der Waals surface area contributed by atoms with Gasteiger partial charge in [0.2, 0.25) is 0 Å². The van der Waals surface area contributed by atoms with Gasteiger partial charge in [0.25, 0.3) is 5.91 Å². The van der Waals surface area contributed by atoms with Gasteiger partial charge < -0.3 is 14.7 Å². The smallest absolute Gasteiger partial charge is 0.262 e. The summed E-state index contributed by atoms with van der Waals surface area (Å²) in [6.45, 7) is 4.49. The summed E-state index contributed by atoms with van der Waals surface area (Å²) in [6.07, 6.45) is 1.73. The number of carbonyl (C=O) groups is 1. The second-order valence-corrected chi connectivity index (χ2v) is 8.35. The van der Waals surface area contributed by atoms with Crippen LogP contribution in [0.3, 0.4) is 0 Å². The molecule has 1 saturated heterocycles. The Morgan fingerprint density at radius 2 is 1.66 bits per heavy atom. The molecule has 5 heteroatoms. The number of aryl methyl sites for hydroxylation is 1. The molecule has 0 atom stereocenters. The van der Waals surface area contributed by atoms with E-state index in [1.807, 2.05) is 78.6 Å². The number of phenolic OH excluding ortho intramolecular Hbond substituents is 1. The minimum absolute atomic E-state index is 0.0366. The highest BCUT2D eigenvalue weighted by atomic mass is 16.5. The number of nitrogens with zero attached hydrogens (tertiary/aromatic N) is 2. The summed E-state index contributed by atoms with van der Waals surface area (Å²) >= 11 is 0. The van der Waals surface area contributed by atoms with Crippen molar-refractivity contribution in [3.63, 3.8) is 0 Å². The third-order valence-corrected chi connectivity index (χ3v) is 6.18. The second kappa shape index (κ2) is 9.88. The van der Waals surface area contributed by atoms with Gasteiger partial charge in [0, 0.05) is 36.9 Å². The largest absolute Gasteiger partial charge is 0.508 e. The van der Waals surface area contributed by atoms with Crippen molar-refractivity contribution in [2.24, 2.45) is 0 Å². The molecule has 0 radical (unpaired) electrons. The Balaban J connectivity index is 1.55. The highest BCUT2D eigenvalue weighted by Crippen LogP contribution is 2.30. The average Bonchev–Trinajstić information content (AvgIpc) is 2.83. The lowest BCUT2D eigenvalue weighted by molar-refractivity contribution is 0.0955. The normalized spacial score (nSPS) is 14.8. The summed E-state index contributed by atoms with van der Waals surface area (Å²) in [5, 5.41) is 10.1. The molecule has 1 N–H and O–H groups in total. The van der Waals surface area contributed by atoms with Crippen LogP contribution in [-0.2, 0) is 6.54 Å². The Hall–Kier alpha value is -3.31. The molecule has 1 heterocycles. The van der Waals surface area contributed by atoms with Gasteiger partial charge in [-0.15, -0.1) is 0 Å². The fourth-order valence-electron chi connectivity index (χ4n) is 4.37. The molecule has 166 valence electrons. The minimum atomic E-state index is -0.0366. The molecule has 3 aromatic carbocycles. The van der Waals surface area contributed by atoms with E-state index in [1.54, 1.807) is 13.2 Å². The highest BCUT2D eigenvalue weighted by molar-refractivity contribution is 6.08. The molecule has 0 spiro atoms. The number of methoxy groups -OCH3 is 1. The molecule has 0 aliphatic carbocycles. The van der Waals surface area contributed by atoms with E-state index < -0.39 is 0 Å². The van der Waals surface area contributed by atoms with E-state index in [0.717, 1.165) is 42.7 Å². The Morgan fingerprint density at radius 1 is 1.00 bits per heavy atom. The third-order valence-electron chi connectivity index (χ3n) is 6.18. The first-order valence-corrected chi connectivity index (χ1v) is 11.1. The van der Waals surface area contributed by atoms with Crippen LogP contribution < -0.4 is 9.64 Å². The van der Waals surface area contributed by atoms with Crippen LogP contribution in [0, 0.1) is 6.92 Å². The number of hydrogen-bond donors (Lipinski definition) is 1. The summed E-state index contributed by atoms with van der Waals surface area (Å²) < 4.78 is 5.47. The molecule has 4 rings (SSSR count). The number of carbonyl (C=O) groups excluding carboxylic acids is 1. The number of amides is 1. The Labute approximate surface area is 189 Å². The van der Waals surface area contributed by atoms with Gasteiger partial charge in [0.05, 0.1) is 12.7 Å². The van der Waals surface area contributed by atoms with Gasteiger partial charge in [-0.05, 0) is 50.1 Å². The molecular weight excluding hydrogens is 400 g/mol. The average molecular weight is 431 g/mol. The Bertz CT molecular complexity index is 1060. The van der Waals surface area contributed by atoms with Crippen molar-refractivity contribution in [3.05, 3.63) is 89.5 Å². The number of rotatable bonds is 6. The van der Waals surface area contributed by atoms with Gasteiger partial charge in [-0.1, -0.05) is 48.0 Å². The zero-order valence-corrected chi connectivity index (χ0v) is 18.7. The highest BCUT2D eigenvalue weighted by Gasteiger charge is 2.31. The maximum absolute atomic E-state index is 13.7. The monoisotopic (exact) mass is 430 g/mol. The predicted molar refractivity (Wildman–Crippen MR) is 127 cm³/mol. The summed E-state index contributed by atoms with van der Waals surface area (Å²) in [4.78, 5) is 18.0. The van der Waals surface area contributed by atoms with Crippen LogP contribution in [0.1, 0.15) is 34.3 Å². The van der Waals surface area contributed by atoms with Crippen LogP contribution >= 0.6 is 0 Å². The van der Waals surface area contributed by atoms with Crippen molar-refractivity contribution < 1.29 is 14.6 Å². The first-order chi connectivity index (χ1) is 15.6. The van der Waals surface area contributed by atoms with E-state index >= 15 is 0 Å². The van der Waals surface area contributed by atoms with Crippen LogP contribution in [0.15, 0.2) is 72.8 Å². The fourth-order valence-corrected chi connectivity index (χ4v) is 4.37. The number of aromatic hydroxyl groups is 1. The van der Waals surface area contributed by atoms with Crippen molar-refractivity contribution in [3.8, 4) is 11.5 Å². The number of hydrogen-bond acceptors (Lipinski definition) is 4. The number of piperidine rings is 1. The maximum atomic E-state index is 13.7. The topological polar surface area (TPSA) is 53.0 Å². The van der Waals surface area contributed by atoms with Crippen LogP contribution in [0.25, 0.3) is 0 Å². The van der Waals surface area contributed by atoms with Crippen LogP contribution in [0.2, 0.25) is 0 Å². The van der Waals surface area contributed by atoms with E-state index in [0.29, 0.717) is 23.6 Å². The number of anilines is 1. The SMILES string of the molecule is COc1ccccc1C(=O)N(c1ccc(C)cc1)C1CCN(Cc2ccccc2O)CC1. The minimum Gasteiger partial charge on any atom is -0.508 e. The Morgan fingerprint density at radius 3 is 2.34 bits per heavy atom. The van der Waals surface area contributed by atoms with E-state index in [2.05, 4.69) is 4.90 Å². The first-order valence-electron chi connectivity index (χ1n) is 11.1. The predicted octanol–water partition coefficient (Wildman–Crippen LogP) is 5.02. The zero-order valence-electron chi connectivity index (χ0n) is 18.7. The molecule has 1 aliphatic heterocycles. The van der Waals surface area contributed by atoms with Gasteiger partial charge in [0.15, 0.2) is 0 Å². The molecule has 1 aliphatic rings. The first kappa shape index (κ1) is 21.9. The lowest BCUT2D eigenvalue weighted by Crippen LogP contribution is -2.47. The van der Waals surface area contributed by atoms with E-state index in [9.17, 15) is 9.90 Å². The number of phenols is 1. The molecule has 0 aromatic heterocycles. The molecule has 32 heavy (non-hydrogen) atoms. The van der Waals surface area contributed by atoms with Gasteiger partial charge in [-0.2, -0.15) is 0 Å². The summed E-state index contributed by atoms with van der Waals surface area (Å²) in [7, 11) is 1.60. The number of ether oxygens (including phenoxy) is 1. The lowest BCUT2D eigenvalue weighted by Gasteiger charge is -2.39. The summed E-state index contributed by atoms with van der Waals surface area (Å²) in [5.74, 6) is 0.888. The van der Waals surface area contributed by atoms with Crippen molar-refractivity contribution in [2.45, 2.75) is 32.4 Å². The second-order valence-electron chi connectivity index (χ2n) is 8.35. The lowest BCUT2D eigenvalue weighted by atomic mass is 9.99. The molecular formula is C27H30N2O3. The van der Waals surface area contributed by atoms with Crippen molar-refractivity contribution >= 4 is 11.6 Å². The molecule has 5 nitrogen and oxygen atoms in total. The van der Waals surface area contributed by atoms with E-state index in [-0.39, 0.29) is 11.9 Å². The fraction of sp³-hybridized carbons (Fsp3) is 0.296. The molecule has 0 unspecified atom stereocenters. The summed E-state index contributed by atoms with van der Waals surface area (Å²) in [6, 6.07) is 23.1. The standard InChI is InChI=1S/C27H30N2O3/c1-20-11-13-22(14-12-20)29(27(31)24-8-4-6-10-26(24)32-2)23-15-17-28(18-16-23)19-21-7-3-5-9-25(21)30/h3-14,23,30H,15-19H2,1-2H3. The van der Waals surface area contributed by atoms with Gasteiger partial charge in [0.1, 0.15) is 11.5 Å². The third kappa shape index (κ3) is 4.78. The van der Waals surface area contributed by atoms with Crippen molar-refractivity contribution in [1.82, 2.24) is 4.90 Å². The molecule has 0 saturated carbocycles. The van der Waals surface area contributed by atoms with Crippen molar-refractivity contribution in [1.29, 1.82) is 0 Å². The van der Waals surface area contributed by atoms with Crippen LogP contribution in [0.5, 0.6) is 11.5 Å². The molecule has 1 fully saturated rings.